The highest BCUT2D eigenvalue weighted by atomic mass is 32.1. The molecule has 1 aromatic carbocycles. The molecule has 7 nitrogen and oxygen atoms in total. The van der Waals surface area contributed by atoms with Crippen LogP contribution in [0.1, 0.15) is 18.1 Å². The second kappa shape index (κ2) is 6.86. The lowest BCUT2D eigenvalue weighted by Gasteiger charge is -2.01. The van der Waals surface area contributed by atoms with Crippen LogP contribution in [0, 0.1) is 0 Å². The van der Waals surface area contributed by atoms with Crippen LogP contribution < -0.4 is 5.32 Å². The number of imidazole rings is 1. The lowest BCUT2D eigenvalue weighted by atomic mass is 10.3. The molecule has 4 rings (SSSR count). The van der Waals surface area contributed by atoms with Gasteiger partial charge in [-0.05, 0) is 23.6 Å². The molecule has 25 heavy (non-hydrogen) atoms. The van der Waals surface area contributed by atoms with Gasteiger partial charge in [-0.1, -0.05) is 17.3 Å². The number of aryl methyl sites for hydroxylation is 1. The number of rotatable bonds is 6. The van der Waals surface area contributed by atoms with Gasteiger partial charge in [0.1, 0.15) is 5.82 Å². The minimum absolute atomic E-state index is 0.0873. The van der Waals surface area contributed by atoms with Gasteiger partial charge in [0.2, 0.25) is 17.6 Å². The molecule has 0 aliphatic heterocycles. The standard InChI is InChI=1S/C17H15N5O2S/c23-15(18-9-14-19-12-3-1-2-4-13(12)20-14)5-6-16-21-17(22-24-16)11-7-8-25-10-11/h1-4,7-8,10H,5-6,9H2,(H,18,23)(H,19,20). The Morgan fingerprint density at radius 1 is 1.24 bits per heavy atom. The van der Waals surface area contributed by atoms with Crippen LogP contribution >= 0.6 is 11.3 Å². The van der Waals surface area contributed by atoms with Crippen molar-refractivity contribution in [2.24, 2.45) is 0 Å². The van der Waals surface area contributed by atoms with Crippen molar-refractivity contribution in [2.75, 3.05) is 0 Å². The van der Waals surface area contributed by atoms with Gasteiger partial charge in [-0.2, -0.15) is 16.3 Å². The molecular formula is C17H15N5O2S. The Labute approximate surface area is 147 Å². The summed E-state index contributed by atoms with van der Waals surface area (Å²) in [6, 6.07) is 9.68. The Bertz CT molecular complexity index is 956. The number of aromatic nitrogens is 4. The molecule has 0 spiro atoms. The minimum atomic E-state index is -0.0873. The highest BCUT2D eigenvalue weighted by Crippen LogP contribution is 2.19. The Morgan fingerprint density at radius 2 is 2.16 bits per heavy atom. The fourth-order valence-corrected chi connectivity index (χ4v) is 3.08. The maximum absolute atomic E-state index is 12.0. The van der Waals surface area contributed by atoms with Crippen molar-refractivity contribution in [1.82, 2.24) is 25.4 Å². The number of nitrogens with one attached hydrogen (secondary N) is 2. The van der Waals surface area contributed by atoms with Gasteiger partial charge in [-0.25, -0.2) is 4.98 Å². The molecular weight excluding hydrogens is 338 g/mol. The first kappa shape index (κ1) is 15.5. The molecule has 0 saturated carbocycles. The molecule has 0 bridgehead atoms. The molecule has 0 radical (unpaired) electrons. The number of thiophene rings is 1. The number of amides is 1. The second-order valence-electron chi connectivity index (χ2n) is 5.50. The molecule has 0 atom stereocenters. The van der Waals surface area contributed by atoms with Crippen LogP contribution in [0.5, 0.6) is 0 Å². The molecule has 4 aromatic rings. The largest absolute Gasteiger partial charge is 0.349 e. The average molecular weight is 353 g/mol. The van der Waals surface area contributed by atoms with Crippen LogP contribution in [-0.2, 0) is 17.8 Å². The quantitative estimate of drug-likeness (QED) is 0.555. The SMILES string of the molecule is O=C(CCc1nc(-c2ccsc2)no1)NCc1nc2ccccc2[nH]1. The highest BCUT2D eigenvalue weighted by molar-refractivity contribution is 7.08. The monoisotopic (exact) mass is 353 g/mol. The summed E-state index contributed by atoms with van der Waals surface area (Å²) < 4.78 is 5.19. The first-order valence-electron chi connectivity index (χ1n) is 7.83. The van der Waals surface area contributed by atoms with Gasteiger partial charge in [0.15, 0.2) is 0 Å². The van der Waals surface area contributed by atoms with E-state index in [1.807, 2.05) is 41.1 Å². The van der Waals surface area contributed by atoms with E-state index in [1.54, 1.807) is 11.3 Å². The summed E-state index contributed by atoms with van der Waals surface area (Å²) in [5.74, 6) is 1.65. The van der Waals surface area contributed by atoms with Gasteiger partial charge in [-0.15, -0.1) is 0 Å². The summed E-state index contributed by atoms with van der Waals surface area (Å²) in [6.07, 6.45) is 0.689. The van der Waals surface area contributed by atoms with E-state index in [9.17, 15) is 4.79 Å². The van der Waals surface area contributed by atoms with Crippen LogP contribution in [0.4, 0.5) is 0 Å². The number of aromatic amines is 1. The van der Waals surface area contributed by atoms with Crippen LogP contribution in [0.15, 0.2) is 45.6 Å². The Balaban J connectivity index is 1.29. The molecule has 2 N–H and O–H groups in total. The first-order valence-corrected chi connectivity index (χ1v) is 8.78. The molecule has 0 saturated heterocycles. The Hall–Kier alpha value is -3.00. The zero-order valence-corrected chi connectivity index (χ0v) is 14.0. The van der Waals surface area contributed by atoms with Gasteiger partial charge in [0.25, 0.3) is 0 Å². The van der Waals surface area contributed by atoms with E-state index in [2.05, 4.69) is 25.4 Å². The molecule has 8 heteroatoms. The predicted octanol–water partition coefficient (Wildman–Crippen LogP) is 2.92. The zero-order valence-electron chi connectivity index (χ0n) is 13.2. The molecule has 0 unspecified atom stereocenters. The smallest absolute Gasteiger partial charge is 0.227 e. The lowest BCUT2D eigenvalue weighted by molar-refractivity contribution is -0.121. The number of fused-ring (bicyclic) bond motifs is 1. The topological polar surface area (TPSA) is 96.7 Å². The number of hydrogen-bond donors (Lipinski definition) is 2. The fraction of sp³-hybridized carbons (Fsp3) is 0.176. The minimum Gasteiger partial charge on any atom is -0.349 e. The number of nitrogens with zero attached hydrogens (tertiary/aromatic N) is 3. The fourth-order valence-electron chi connectivity index (χ4n) is 2.45. The number of benzene rings is 1. The molecule has 0 aliphatic rings. The van der Waals surface area contributed by atoms with Crippen molar-refractivity contribution >= 4 is 28.3 Å². The molecule has 3 aromatic heterocycles. The van der Waals surface area contributed by atoms with E-state index in [1.165, 1.54) is 0 Å². The maximum Gasteiger partial charge on any atom is 0.227 e. The average Bonchev–Trinajstić information content (AvgIpc) is 3.37. The van der Waals surface area contributed by atoms with Crippen molar-refractivity contribution in [1.29, 1.82) is 0 Å². The number of H-pyrrole nitrogens is 1. The van der Waals surface area contributed by atoms with Gasteiger partial charge in [-0.3, -0.25) is 4.79 Å². The van der Waals surface area contributed by atoms with Crippen molar-refractivity contribution in [3.05, 3.63) is 52.8 Å². The third-order valence-corrected chi connectivity index (χ3v) is 4.39. The van der Waals surface area contributed by atoms with Crippen molar-refractivity contribution in [2.45, 2.75) is 19.4 Å². The van der Waals surface area contributed by atoms with E-state index in [-0.39, 0.29) is 12.3 Å². The van der Waals surface area contributed by atoms with Crippen molar-refractivity contribution in [3.8, 4) is 11.4 Å². The van der Waals surface area contributed by atoms with Gasteiger partial charge < -0.3 is 14.8 Å². The van der Waals surface area contributed by atoms with E-state index >= 15 is 0 Å². The second-order valence-corrected chi connectivity index (χ2v) is 6.28. The number of carbonyl (C=O) groups excluding carboxylic acids is 1. The van der Waals surface area contributed by atoms with Gasteiger partial charge in [0, 0.05) is 23.8 Å². The number of para-hydroxylation sites is 2. The lowest BCUT2D eigenvalue weighted by Crippen LogP contribution is -2.23. The summed E-state index contributed by atoms with van der Waals surface area (Å²) >= 11 is 1.57. The third-order valence-electron chi connectivity index (χ3n) is 3.70. The Morgan fingerprint density at radius 3 is 3.00 bits per heavy atom. The summed E-state index contributed by atoms with van der Waals surface area (Å²) in [7, 11) is 0. The van der Waals surface area contributed by atoms with E-state index in [4.69, 9.17) is 4.52 Å². The van der Waals surface area contributed by atoms with Crippen LogP contribution in [0.2, 0.25) is 0 Å². The summed E-state index contributed by atoms with van der Waals surface area (Å²) in [6.45, 7) is 0.359. The van der Waals surface area contributed by atoms with Crippen LogP contribution in [0.25, 0.3) is 22.4 Å². The predicted molar refractivity (Wildman–Crippen MR) is 93.9 cm³/mol. The zero-order chi connectivity index (χ0) is 17.1. The molecule has 126 valence electrons. The number of carbonyl (C=O) groups is 1. The highest BCUT2D eigenvalue weighted by Gasteiger charge is 2.11. The molecule has 1 amide bonds. The Kier molecular flexibility index (Phi) is 4.26. The summed E-state index contributed by atoms with van der Waals surface area (Å²) in [4.78, 5) is 23.9. The van der Waals surface area contributed by atoms with E-state index in [0.29, 0.717) is 24.7 Å². The maximum atomic E-state index is 12.0. The summed E-state index contributed by atoms with van der Waals surface area (Å²) in [5.41, 5.74) is 2.77. The van der Waals surface area contributed by atoms with Crippen LogP contribution in [-0.4, -0.2) is 26.0 Å². The summed E-state index contributed by atoms with van der Waals surface area (Å²) in [5, 5.41) is 10.7. The van der Waals surface area contributed by atoms with E-state index < -0.39 is 0 Å². The van der Waals surface area contributed by atoms with E-state index in [0.717, 1.165) is 22.4 Å². The van der Waals surface area contributed by atoms with Gasteiger partial charge >= 0.3 is 0 Å². The van der Waals surface area contributed by atoms with Crippen LogP contribution in [0.3, 0.4) is 0 Å². The van der Waals surface area contributed by atoms with Gasteiger partial charge in [0.05, 0.1) is 17.6 Å². The molecule has 0 fully saturated rings. The first-order chi connectivity index (χ1) is 12.3. The molecule has 3 heterocycles. The third kappa shape index (κ3) is 3.58. The van der Waals surface area contributed by atoms with Crippen molar-refractivity contribution in [3.63, 3.8) is 0 Å². The van der Waals surface area contributed by atoms with Crippen molar-refractivity contribution < 1.29 is 9.32 Å². The molecule has 0 aliphatic carbocycles. The number of hydrogen-bond acceptors (Lipinski definition) is 6. The normalized spacial score (nSPS) is 11.0.